The predicted octanol–water partition coefficient (Wildman–Crippen LogP) is 1.06. The molecule has 0 radical (unpaired) electrons. The summed E-state index contributed by atoms with van der Waals surface area (Å²) in [6, 6.07) is 0. The van der Waals surface area contributed by atoms with E-state index in [0.717, 1.165) is 25.7 Å². The second-order valence-corrected chi connectivity index (χ2v) is 4.00. The third-order valence-corrected chi connectivity index (χ3v) is 2.93. The van der Waals surface area contributed by atoms with Crippen molar-refractivity contribution in [3.05, 3.63) is 6.33 Å². The fourth-order valence-electron chi connectivity index (χ4n) is 2.05. The highest BCUT2D eigenvalue weighted by Crippen LogP contribution is 2.29. The van der Waals surface area contributed by atoms with Gasteiger partial charge in [-0.2, -0.15) is 0 Å². The molecule has 1 N–H and O–H groups in total. The zero-order valence-corrected chi connectivity index (χ0v) is 8.26. The zero-order chi connectivity index (χ0) is 9.86. The molecule has 1 heterocycles. The summed E-state index contributed by atoms with van der Waals surface area (Å²) in [4.78, 5) is 0. The lowest BCUT2D eigenvalue weighted by molar-refractivity contribution is -0.0722. The molecule has 14 heavy (non-hydrogen) atoms. The van der Waals surface area contributed by atoms with Gasteiger partial charge in [-0.05, 0) is 36.1 Å². The van der Waals surface area contributed by atoms with Gasteiger partial charge in [-0.15, -0.1) is 5.10 Å². The van der Waals surface area contributed by atoms with Crippen LogP contribution < -0.4 is 0 Å². The molecule has 2 rings (SSSR count). The predicted molar refractivity (Wildman–Crippen MR) is 50.3 cm³/mol. The summed E-state index contributed by atoms with van der Waals surface area (Å²) in [5, 5.41) is 21.3. The molecule has 5 nitrogen and oxygen atoms in total. The van der Waals surface area contributed by atoms with Crippen molar-refractivity contribution >= 4 is 0 Å². The maximum atomic E-state index is 10.4. The number of rotatable bonds is 1. The summed E-state index contributed by atoms with van der Waals surface area (Å²) >= 11 is 0. The maximum Gasteiger partial charge on any atom is 0.161 e. The molecule has 0 unspecified atom stereocenters. The van der Waals surface area contributed by atoms with E-state index >= 15 is 0 Å². The largest absolute Gasteiger partial charge is 0.369 e. The number of tetrazole rings is 1. The minimum absolute atomic E-state index is 0.762. The van der Waals surface area contributed by atoms with Gasteiger partial charge < -0.3 is 5.11 Å². The lowest BCUT2D eigenvalue weighted by Gasteiger charge is -2.29. The molecule has 0 aliphatic heterocycles. The van der Waals surface area contributed by atoms with Crippen LogP contribution in [0.3, 0.4) is 0 Å². The lowest BCUT2D eigenvalue weighted by atomic mass is 9.94. The first-order valence-corrected chi connectivity index (χ1v) is 5.27. The Morgan fingerprint density at radius 1 is 1.07 bits per heavy atom. The van der Waals surface area contributed by atoms with Gasteiger partial charge in [0.15, 0.2) is 5.72 Å². The van der Waals surface area contributed by atoms with Crippen LogP contribution in [0.25, 0.3) is 0 Å². The Labute approximate surface area is 83.1 Å². The second-order valence-electron chi connectivity index (χ2n) is 4.00. The molecule has 0 aromatic carbocycles. The van der Waals surface area contributed by atoms with E-state index in [2.05, 4.69) is 15.5 Å². The van der Waals surface area contributed by atoms with E-state index in [1.165, 1.54) is 30.3 Å². The number of aromatic nitrogens is 4. The van der Waals surface area contributed by atoms with Crippen LogP contribution in [0.15, 0.2) is 6.33 Å². The summed E-state index contributed by atoms with van der Waals surface area (Å²) in [6.07, 6.45) is 8.81. The summed E-state index contributed by atoms with van der Waals surface area (Å²) in [7, 11) is 0. The molecule has 0 spiro atoms. The van der Waals surface area contributed by atoms with Crippen LogP contribution in [0.1, 0.15) is 44.9 Å². The normalized spacial score (nSPS) is 22.6. The second kappa shape index (κ2) is 4.04. The monoisotopic (exact) mass is 196 g/mol. The molecule has 1 aromatic rings. The molecule has 1 aliphatic rings. The molecule has 1 aromatic heterocycles. The van der Waals surface area contributed by atoms with Gasteiger partial charge in [0.2, 0.25) is 0 Å². The summed E-state index contributed by atoms with van der Waals surface area (Å²) < 4.78 is 1.50. The molecule has 5 heteroatoms. The van der Waals surface area contributed by atoms with Crippen LogP contribution in [0.5, 0.6) is 0 Å². The molecule has 1 saturated carbocycles. The molecule has 0 bridgehead atoms. The molecule has 1 fully saturated rings. The summed E-state index contributed by atoms with van der Waals surface area (Å²) in [6.45, 7) is 0. The molecule has 1 aliphatic carbocycles. The average Bonchev–Trinajstić information content (AvgIpc) is 2.65. The fourth-order valence-corrected chi connectivity index (χ4v) is 2.05. The summed E-state index contributed by atoms with van der Waals surface area (Å²) in [5.74, 6) is 0. The van der Waals surface area contributed by atoms with E-state index < -0.39 is 5.72 Å². The Kier molecular flexibility index (Phi) is 2.77. The minimum Gasteiger partial charge on any atom is -0.369 e. The highest BCUT2D eigenvalue weighted by molar-refractivity contribution is 4.75. The van der Waals surface area contributed by atoms with Gasteiger partial charge in [-0.25, -0.2) is 4.68 Å². The van der Waals surface area contributed by atoms with E-state index in [9.17, 15) is 5.11 Å². The van der Waals surface area contributed by atoms with Gasteiger partial charge in [-0.3, -0.25) is 0 Å². The number of aliphatic hydroxyl groups is 1. The fraction of sp³-hybridized carbons (Fsp3) is 0.889. The van der Waals surface area contributed by atoms with Crippen molar-refractivity contribution < 1.29 is 5.11 Å². The van der Waals surface area contributed by atoms with Crippen LogP contribution in [0.4, 0.5) is 0 Å². The van der Waals surface area contributed by atoms with Crippen LogP contribution in [0, 0.1) is 0 Å². The first-order chi connectivity index (χ1) is 6.81. The number of hydrogen-bond donors (Lipinski definition) is 1. The number of hydrogen-bond acceptors (Lipinski definition) is 4. The summed E-state index contributed by atoms with van der Waals surface area (Å²) in [5.41, 5.74) is -0.843. The first kappa shape index (κ1) is 9.58. The topological polar surface area (TPSA) is 63.8 Å². The molecule has 0 saturated heterocycles. The van der Waals surface area contributed by atoms with Crippen LogP contribution in [0.2, 0.25) is 0 Å². The van der Waals surface area contributed by atoms with Crippen LogP contribution in [-0.4, -0.2) is 25.3 Å². The Balaban J connectivity index is 2.11. The Bertz CT molecular complexity index is 264. The maximum absolute atomic E-state index is 10.4. The third-order valence-electron chi connectivity index (χ3n) is 2.93. The average molecular weight is 196 g/mol. The molecule has 0 atom stereocenters. The quantitative estimate of drug-likeness (QED) is 0.729. The van der Waals surface area contributed by atoms with Crippen LogP contribution in [-0.2, 0) is 5.72 Å². The first-order valence-electron chi connectivity index (χ1n) is 5.27. The third kappa shape index (κ3) is 1.92. The molecular weight excluding hydrogens is 180 g/mol. The van der Waals surface area contributed by atoms with E-state index in [1.54, 1.807) is 0 Å². The smallest absolute Gasteiger partial charge is 0.161 e. The minimum atomic E-state index is -0.843. The molecule has 0 amide bonds. The highest BCUT2D eigenvalue weighted by atomic mass is 16.3. The van der Waals surface area contributed by atoms with E-state index in [1.807, 2.05) is 0 Å². The van der Waals surface area contributed by atoms with Gasteiger partial charge in [0.05, 0.1) is 0 Å². The van der Waals surface area contributed by atoms with Crippen LogP contribution >= 0.6 is 0 Å². The Hall–Kier alpha value is -0.970. The SMILES string of the molecule is OC1(n2cnnn2)CCCCCCC1. The van der Waals surface area contributed by atoms with Crippen molar-refractivity contribution in [2.45, 2.75) is 50.7 Å². The van der Waals surface area contributed by atoms with Crippen molar-refractivity contribution in [1.29, 1.82) is 0 Å². The van der Waals surface area contributed by atoms with Gasteiger partial charge in [-0.1, -0.05) is 19.3 Å². The highest BCUT2D eigenvalue weighted by Gasteiger charge is 2.30. The van der Waals surface area contributed by atoms with Crippen molar-refractivity contribution in [3.63, 3.8) is 0 Å². The van der Waals surface area contributed by atoms with E-state index in [0.29, 0.717) is 0 Å². The van der Waals surface area contributed by atoms with E-state index in [4.69, 9.17) is 0 Å². The zero-order valence-electron chi connectivity index (χ0n) is 8.26. The Morgan fingerprint density at radius 3 is 2.29 bits per heavy atom. The van der Waals surface area contributed by atoms with Crippen molar-refractivity contribution in [3.8, 4) is 0 Å². The van der Waals surface area contributed by atoms with Crippen molar-refractivity contribution in [1.82, 2.24) is 20.2 Å². The standard InChI is InChI=1S/C9H16N4O/c14-9(13-8-10-11-12-13)6-4-2-1-3-5-7-9/h8,14H,1-7H2. The number of nitrogens with zero attached hydrogens (tertiary/aromatic N) is 4. The van der Waals surface area contributed by atoms with Crippen molar-refractivity contribution in [2.75, 3.05) is 0 Å². The van der Waals surface area contributed by atoms with Gasteiger partial charge in [0, 0.05) is 0 Å². The van der Waals surface area contributed by atoms with E-state index in [-0.39, 0.29) is 0 Å². The molecule has 78 valence electrons. The Morgan fingerprint density at radius 2 is 1.71 bits per heavy atom. The van der Waals surface area contributed by atoms with Gasteiger partial charge >= 0.3 is 0 Å². The van der Waals surface area contributed by atoms with Gasteiger partial charge in [0.25, 0.3) is 0 Å². The lowest BCUT2D eigenvalue weighted by Crippen LogP contribution is -2.34. The van der Waals surface area contributed by atoms with Gasteiger partial charge in [0.1, 0.15) is 6.33 Å². The molecular formula is C9H16N4O. The van der Waals surface area contributed by atoms with Crippen molar-refractivity contribution in [2.24, 2.45) is 0 Å².